The maximum atomic E-state index is 13.1. The number of thioether (sulfide) groups is 1. The Morgan fingerprint density at radius 2 is 1.41 bits per heavy atom. The second-order valence-electron chi connectivity index (χ2n) is 8.77. The maximum absolute atomic E-state index is 13.1. The third-order valence-electron chi connectivity index (χ3n) is 6.15. The van der Waals surface area contributed by atoms with E-state index in [0.717, 1.165) is 39.6 Å². The van der Waals surface area contributed by atoms with Crippen molar-refractivity contribution < 1.29 is 19.0 Å². The molecule has 9 nitrogen and oxygen atoms in total. The van der Waals surface area contributed by atoms with Crippen LogP contribution in [-0.4, -0.2) is 52.7 Å². The van der Waals surface area contributed by atoms with E-state index >= 15 is 0 Å². The molecule has 1 atom stereocenters. The highest BCUT2D eigenvalue weighted by Gasteiger charge is 2.21. The van der Waals surface area contributed by atoms with Gasteiger partial charge in [-0.05, 0) is 67.6 Å². The third-order valence-corrected chi connectivity index (χ3v) is 7.85. The van der Waals surface area contributed by atoms with E-state index < -0.39 is 5.25 Å². The molecule has 5 aromatic rings. The number of hydrogen-bond donors (Lipinski definition) is 1. The average Bonchev–Trinajstić information content (AvgIpc) is 3.49. The topological polar surface area (TPSA) is 108 Å². The highest BCUT2D eigenvalue weighted by atomic mass is 32.2. The molecule has 0 saturated carbocycles. The molecule has 0 aliphatic rings. The normalized spacial score (nSPS) is 11.5. The SMILES string of the molecule is COc1ccc(-c2nnc(SC(C)C(=O)Nc3nc(-c4cccc(OC)c4)cs3)nc2-c2ccc(OC)cc2)cc1. The number of anilines is 1. The molecule has 0 aliphatic heterocycles. The molecule has 0 fully saturated rings. The molecule has 0 radical (unpaired) electrons. The van der Waals surface area contributed by atoms with Gasteiger partial charge in [0.2, 0.25) is 11.1 Å². The summed E-state index contributed by atoms with van der Waals surface area (Å²) < 4.78 is 15.9. The predicted octanol–water partition coefficient (Wildman–Crippen LogP) is 6.47. The zero-order chi connectivity index (χ0) is 28.8. The number of benzene rings is 3. The first-order chi connectivity index (χ1) is 20.0. The summed E-state index contributed by atoms with van der Waals surface area (Å²) in [4.78, 5) is 22.4. The number of aromatic nitrogens is 4. The fraction of sp³-hybridized carbons (Fsp3) is 0.167. The highest BCUT2D eigenvalue weighted by molar-refractivity contribution is 8.00. The molecule has 0 bridgehead atoms. The number of rotatable bonds is 10. The predicted molar refractivity (Wildman–Crippen MR) is 162 cm³/mol. The molecule has 1 amide bonds. The van der Waals surface area contributed by atoms with Crippen LogP contribution >= 0.6 is 23.1 Å². The van der Waals surface area contributed by atoms with E-state index in [9.17, 15) is 4.79 Å². The monoisotopic (exact) mass is 585 g/mol. The molecule has 208 valence electrons. The number of ether oxygens (including phenoxy) is 3. The minimum absolute atomic E-state index is 0.213. The second-order valence-corrected chi connectivity index (χ2v) is 10.9. The summed E-state index contributed by atoms with van der Waals surface area (Å²) in [5, 5.41) is 14.0. The second kappa shape index (κ2) is 12.8. The van der Waals surface area contributed by atoms with Crippen LogP contribution in [0.1, 0.15) is 6.92 Å². The molecular formula is C30H27N5O4S2. The van der Waals surface area contributed by atoms with Crippen LogP contribution in [0.15, 0.2) is 83.3 Å². The van der Waals surface area contributed by atoms with Gasteiger partial charge in [-0.1, -0.05) is 23.9 Å². The van der Waals surface area contributed by atoms with Crippen LogP contribution < -0.4 is 19.5 Å². The lowest BCUT2D eigenvalue weighted by molar-refractivity contribution is -0.115. The van der Waals surface area contributed by atoms with Crippen LogP contribution in [0.3, 0.4) is 0 Å². The first-order valence-corrected chi connectivity index (χ1v) is 14.3. The largest absolute Gasteiger partial charge is 0.497 e. The van der Waals surface area contributed by atoms with Crippen molar-refractivity contribution in [1.29, 1.82) is 0 Å². The molecule has 2 aromatic heterocycles. The molecule has 1 unspecified atom stereocenters. The van der Waals surface area contributed by atoms with Crippen LogP contribution in [0, 0.1) is 0 Å². The first kappa shape index (κ1) is 28.1. The molecule has 0 aliphatic carbocycles. The summed E-state index contributed by atoms with van der Waals surface area (Å²) >= 11 is 2.58. The molecule has 3 aromatic carbocycles. The Kier molecular flexibility index (Phi) is 8.76. The van der Waals surface area contributed by atoms with Gasteiger partial charge >= 0.3 is 0 Å². The fourth-order valence-corrected chi connectivity index (χ4v) is 5.36. The lowest BCUT2D eigenvalue weighted by Gasteiger charge is -2.13. The zero-order valence-corrected chi connectivity index (χ0v) is 24.5. The number of carbonyl (C=O) groups excluding carboxylic acids is 1. The molecule has 5 rings (SSSR count). The van der Waals surface area contributed by atoms with E-state index in [2.05, 4.69) is 20.5 Å². The van der Waals surface area contributed by atoms with Gasteiger partial charge in [0.25, 0.3) is 0 Å². The van der Waals surface area contributed by atoms with Gasteiger partial charge in [0.15, 0.2) is 5.13 Å². The van der Waals surface area contributed by atoms with Gasteiger partial charge in [-0.2, -0.15) is 0 Å². The van der Waals surface area contributed by atoms with Crippen molar-refractivity contribution in [3.63, 3.8) is 0 Å². The Hall–Kier alpha value is -4.48. The summed E-state index contributed by atoms with van der Waals surface area (Å²) in [7, 11) is 4.86. The van der Waals surface area contributed by atoms with Gasteiger partial charge in [-0.15, -0.1) is 21.5 Å². The Bertz CT molecular complexity index is 1640. The van der Waals surface area contributed by atoms with E-state index in [0.29, 0.717) is 21.7 Å². The lowest BCUT2D eigenvalue weighted by atomic mass is 10.0. The van der Waals surface area contributed by atoms with E-state index in [4.69, 9.17) is 19.2 Å². The number of nitrogens with one attached hydrogen (secondary N) is 1. The molecule has 2 heterocycles. The van der Waals surface area contributed by atoms with E-state index in [-0.39, 0.29) is 5.91 Å². The number of hydrogen-bond acceptors (Lipinski definition) is 10. The Balaban J connectivity index is 1.35. The Morgan fingerprint density at radius 1 is 0.780 bits per heavy atom. The molecule has 1 N–H and O–H groups in total. The lowest BCUT2D eigenvalue weighted by Crippen LogP contribution is -2.22. The number of methoxy groups -OCH3 is 3. The van der Waals surface area contributed by atoms with Gasteiger partial charge in [0.05, 0.1) is 32.3 Å². The molecule has 0 saturated heterocycles. The molecule has 11 heteroatoms. The fourth-order valence-electron chi connectivity index (χ4n) is 3.92. The number of amides is 1. The van der Waals surface area contributed by atoms with Gasteiger partial charge in [-0.3, -0.25) is 4.79 Å². The van der Waals surface area contributed by atoms with E-state index in [1.165, 1.54) is 23.1 Å². The Labute approximate surface area is 246 Å². The van der Waals surface area contributed by atoms with Crippen molar-refractivity contribution in [3.05, 3.63) is 78.2 Å². The maximum Gasteiger partial charge on any atom is 0.239 e. The Morgan fingerprint density at radius 3 is 2.05 bits per heavy atom. The first-order valence-electron chi connectivity index (χ1n) is 12.6. The van der Waals surface area contributed by atoms with Crippen LogP contribution in [0.4, 0.5) is 5.13 Å². The van der Waals surface area contributed by atoms with E-state index in [1.54, 1.807) is 28.3 Å². The molecule has 41 heavy (non-hydrogen) atoms. The van der Waals surface area contributed by atoms with Crippen LogP contribution in [0.5, 0.6) is 17.2 Å². The third kappa shape index (κ3) is 6.64. The van der Waals surface area contributed by atoms with Crippen molar-refractivity contribution in [3.8, 4) is 51.0 Å². The van der Waals surface area contributed by atoms with Crippen molar-refractivity contribution in [1.82, 2.24) is 20.2 Å². The van der Waals surface area contributed by atoms with Crippen molar-refractivity contribution >= 4 is 34.1 Å². The minimum atomic E-state index is -0.503. The van der Waals surface area contributed by atoms with E-state index in [1.807, 2.05) is 78.2 Å². The van der Waals surface area contributed by atoms with Crippen molar-refractivity contribution in [2.24, 2.45) is 0 Å². The average molecular weight is 586 g/mol. The van der Waals surface area contributed by atoms with Crippen LogP contribution in [0.25, 0.3) is 33.8 Å². The van der Waals surface area contributed by atoms with Crippen LogP contribution in [0.2, 0.25) is 0 Å². The highest BCUT2D eigenvalue weighted by Crippen LogP contribution is 2.33. The van der Waals surface area contributed by atoms with Gasteiger partial charge < -0.3 is 19.5 Å². The minimum Gasteiger partial charge on any atom is -0.497 e. The van der Waals surface area contributed by atoms with Crippen molar-refractivity contribution in [2.75, 3.05) is 26.6 Å². The standard InChI is InChI=1S/C30H27N5O4S2/c1-18(28(36)33-29-31-25(17-40-29)21-6-5-7-24(16-21)39-4)41-30-32-26(19-8-12-22(37-2)13-9-19)27(34-35-30)20-10-14-23(38-3)15-11-20/h5-18H,1-4H3,(H,31,33,36). The summed E-state index contributed by atoms with van der Waals surface area (Å²) in [6.07, 6.45) is 0. The van der Waals surface area contributed by atoms with Crippen LogP contribution in [-0.2, 0) is 4.79 Å². The summed E-state index contributed by atoms with van der Waals surface area (Å²) in [5.41, 5.74) is 4.62. The van der Waals surface area contributed by atoms with Gasteiger partial charge in [-0.25, -0.2) is 9.97 Å². The molecule has 0 spiro atoms. The number of nitrogens with zero attached hydrogens (tertiary/aromatic N) is 4. The molecular weight excluding hydrogens is 558 g/mol. The summed E-state index contributed by atoms with van der Waals surface area (Å²) in [5.74, 6) is 2.00. The van der Waals surface area contributed by atoms with Gasteiger partial charge in [0.1, 0.15) is 28.6 Å². The zero-order valence-electron chi connectivity index (χ0n) is 22.8. The quantitative estimate of drug-likeness (QED) is 0.184. The number of thiazole rings is 1. The summed E-state index contributed by atoms with van der Waals surface area (Å²) in [6, 6.07) is 22.7. The number of carbonyl (C=O) groups is 1. The smallest absolute Gasteiger partial charge is 0.239 e. The van der Waals surface area contributed by atoms with Gasteiger partial charge in [0, 0.05) is 22.1 Å². The summed E-state index contributed by atoms with van der Waals surface area (Å²) in [6.45, 7) is 1.80. The van der Waals surface area contributed by atoms with Crippen molar-refractivity contribution in [2.45, 2.75) is 17.3 Å².